The first-order valence-electron chi connectivity index (χ1n) is 7.11. The Morgan fingerprint density at radius 3 is 2.67 bits per heavy atom. The van der Waals surface area contributed by atoms with Crippen LogP contribution < -0.4 is 16.6 Å². The smallest absolute Gasteiger partial charge is 0.330 e. The molecule has 2 aromatic heterocycles. The molecule has 8 heteroatoms. The van der Waals surface area contributed by atoms with Crippen LogP contribution in [0.1, 0.15) is 33.2 Å². The Kier molecular flexibility index (Phi) is 4.46. The third kappa shape index (κ3) is 2.71. The number of H-pyrrole nitrogens is 1. The predicted molar refractivity (Wildman–Crippen MR) is 80.9 cm³/mol. The zero-order chi connectivity index (χ0) is 15.6. The summed E-state index contributed by atoms with van der Waals surface area (Å²) < 4.78 is 3.21. The normalized spacial score (nSPS) is 11.5. The van der Waals surface area contributed by atoms with Crippen molar-refractivity contribution in [2.75, 3.05) is 18.5 Å². The van der Waals surface area contributed by atoms with Gasteiger partial charge in [-0.25, -0.2) is 4.79 Å². The number of fused-ring (bicyclic) bond motifs is 1. The Bertz CT molecular complexity index is 741. The van der Waals surface area contributed by atoms with E-state index >= 15 is 0 Å². The van der Waals surface area contributed by atoms with Crippen molar-refractivity contribution in [3.8, 4) is 0 Å². The van der Waals surface area contributed by atoms with Crippen LogP contribution in [0.5, 0.6) is 0 Å². The third-order valence-electron chi connectivity index (χ3n) is 3.28. The van der Waals surface area contributed by atoms with Crippen LogP contribution in [0.2, 0.25) is 0 Å². The third-order valence-corrected chi connectivity index (χ3v) is 3.28. The number of anilines is 1. The van der Waals surface area contributed by atoms with Gasteiger partial charge in [0, 0.05) is 25.7 Å². The molecule has 0 aliphatic carbocycles. The number of nitrogens with zero attached hydrogens (tertiary/aromatic N) is 3. The van der Waals surface area contributed by atoms with Crippen LogP contribution >= 0.6 is 0 Å². The van der Waals surface area contributed by atoms with E-state index in [9.17, 15) is 9.59 Å². The maximum absolute atomic E-state index is 12.1. The van der Waals surface area contributed by atoms with E-state index in [2.05, 4.69) is 15.3 Å². The first-order chi connectivity index (χ1) is 10.0. The van der Waals surface area contributed by atoms with E-state index in [0.717, 1.165) is 0 Å². The van der Waals surface area contributed by atoms with Gasteiger partial charge < -0.3 is 15.0 Å². The number of hydrogen-bond acceptors (Lipinski definition) is 5. The molecule has 0 aromatic carbocycles. The van der Waals surface area contributed by atoms with Crippen molar-refractivity contribution in [3.63, 3.8) is 0 Å². The maximum Gasteiger partial charge on any atom is 0.330 e. The van der Waals surface area contributed by atoms with E-state index in [-0.39, 0.29) is 12.6 Å². The van der Waals surface area contributed by atoms with Gasteiger partial charge >= 0.3 is 5.69 Å². The fourth-order valence-corrected chi connectivity index (χ4v) is 2.35. The molecule has 2 aromatic rings. The average molecular weight is 295 g/mol. The van der Waals surface area contributed by atoms with Crippen molar-refractivity contribution < 1.29 is 5.11 Å². The second-order valence-electron chi connectivity index (χ2n) is 5.08. The standard InChI is InChI=1S/C13H21N5O3/c1-4-17-9-10(15-12(17)14-6-5-7-19)18(8(2)3)13(21)16-11(9)20/h8,19H,4-7H2,1-3H3,(H,14,15)(H,16,20,21). The molecule has 0 saturated carbocycles. The number of rotatable bonds is 6. The number of imidazole rings is 1. The Hall–Kier alpha value is -2.09. The van der Waals surface area contributed by atoms with Gasteiger partial charge in [0.25, 0.3) is 5.56 Å². The van der Waals surface area contributed by atoms with Crippen molar-refractivity contribution in [1.29, 1.82) is 0 Å². The minimum absolute atomic E-state index is 0.0800. The van der Waals surface area contributed by atoms with Gasteiger partial charge in [-0.05, 0) is 27.2 Å². The fourth-order valence-electron chi connectivity index (χ4n) is 2.35. The first kappa shape index (κ1) is 15.3. The van der Waals surface area contributed by atoms with Gasteiger partial charge in [-0.15, -0.1) is 0 Å². The minimum Gasteiger partial charge on any atom is -0.396 e. The van der Waals surface area contributed by atoms with Crippen LogP contribution in [0.3, 0.4) is 0 Å². The van der Waals surface area contributed by atoms with Crippen LogP contribution in [-0.2, 0) is 6.54 Å². The molecule has 0 aliphatic rings. The molecule has 0 spiro atoms. The zero-order valence-corrected chi connectivity index (χ0v) is 12.5. The molecular formula is C13H21N5O3. The van der Waals surface area contributed by atoms with E-state index in [1.54, 1.807) is 4.57 Å². The van der Waals surface area contributed by atoms with Gasteiger partial charge in [0.2, 0.25) is 5.95 Å². The number of aliphatic hydroxyl groups is 1. The molecule has 2 rings (SSSR count). The Morgan fingerprint density at radius 2 is 2.10 bits per heavy atom. The molecule has 0 fully saturated rings. The fraction of sp³-hybridized carbons (Fsp3) is 0.615. The maximum atomic E-state index is 12.1. The Morgan fingerprint density at radius 1 is 1.38 bits per heavy atom. The molecule has 116 valence electrons. The van der Waals surface area contributed by atoms with E-state index in [1.807, 2.05) is 20.8 Å². The summed E-state index contributed by atoms with van der Waals surface area (Å²) in [7, 11) is 0. The number of aromatic amines is 1. The molecular weight excluding hydrogens is 274 g/mol. The SMILES string of the molecule is CCn1c(NCCCO)nc2c1c(=O)[nH]c(=O)n2C(C)C. The van der Waals surface area contributed by atoms with Crippen LogP contribution in [0.25, 0.3) is 11.2 Å². The molecule has 8 nitrogen and oxygen atoms in total. The summed E-state index contributed by atoms with van der Waals surface area (Å²) in [5.41, 5.74) is -0.119. The lowest BCUT2D eigenvalue weighted by Gasteiger charge is -2.09. The molecule has 3 N–H and O–H groups in total. The molecule has 0 amide bonds. The summed E-state index contributed by atoms with van der Waals surface area (Å²) >= 11 is 0. The largest absolute Gasteiger partial charge is 0.396 e. The number of hydrogen-bond donors (Lipinski definition) is 3. The van der Waals surface area contributed by atoms with Crippen LogP contribution in [0.15, 0.2) is 9.59 Å². The lowest BCUT2D eigenvalue weighted by atomic mass is 10.3. The second-order valence-corrected chi connectivity index (χ2v) is 5.08. The topological polar surface area (TPSA) is 105 Å². The van der Waals surface area contributed by atoms with Crippen molar-refractivity contribution in [1.82, 2.24) is 19.1 Å². The monoisotopic (exact) mass is 295 g/mol. The molecule has 0 bridgehead atoms. The summed E-state index contributed by atoms with van der Waals surface area (Å²) in [6.07, 6.45) is 0.584. The first-order valence-corrected chi connectivity index (χ1v) is 7.11. The van der Waals surface area contributed by atoms with Gasteiger partial charge in [-0.3, -0.25) is 14.3 Å². The molecule has 0 unspecified atom stereocenters. The molecule has 2 heterocycles. The van der Waals surface area contributed by atoms with Gasteiger partial charge in [0.05, 0.1) is 0 Å². The summed E-state index contributed by atoms with van der Waals surface area (Å²) in [6, 6.07) is -0.109. The lowest BCUT2D eigenvalue weighted by Crippen LogP contribution is -2.32. The van der Waals surface area contributed by atoms with E-state index in [0.29, 0.717) is 36.6 Å². The van der Waals surface area contributed by atoms with Crippen molar-refractivity contribution >= 4 is 17.1 Å². The summed E-state index contributed by atoms with van der Waals surface area (Å²) in [6.45, 7) is 6.81. The van der Waals surface area contributed by atoms with Crippen LogP contribution in [0, 0.1) is 0 Å². The summed E-state index contributed by atoms with van der Waals surface area (Å²) in [5, 5.41) is 11.9. The predicted octanol–water partition coefficient (Wildman–Crippen LogP) is 0.281. The summed E-state index contributed by atoms with van der Waals surface area (Å²) in [5.74, 6) is 0.534. The summed E-state index contributed by atoms with van der Waals surface area (Å²) in [4.78, 5) is 30.8. The van der Waals surface area contributed by atoms with Gasteiger partial charge in [-0.1, -0.05) is 0 Å². The van der Waals surface area contributed by atoms with Crippen molar-refractivity contribution in [3.05, 3.63) is 20.8 Å². The Balaban J connectivity index is 2.68. The Labute approximate surface area is 121 Å². The quantitative estimate of drug-likeness (QED) is 0.664. The number of aryl methyl sites for hydroxylation is 1. The second kappa shape index (κ2) is 6.13. The lowest BCUT2D eigenvalue weighted by molar-refractivity contribution is 0.292. The molecule has 0 saturated heterocycles. The van der Waals surface area contributed by atoms with E-state index in [1.165, 1.54) is 4.57 Å². The minimum atomic E-state index is -0.454. The van der Waals surface area contributed by atoms with Crippen molar-refractivity contribution in [2.45, 2.75) is 39.8 Å². The average Bonchev–Trinajstić information content (AvgIpc) is 2.77. The van der Waals surface area contributed by atoms with Crippen LogP contribution in [-0.4, -0.2) is 37.4 Å². The highest BCUT2D eigenvalue weighted by molar-refractivity contribution is 5.74. The highest BCUT2D eigenvalue weighted by Gasteiger charge is 2.18. The number of nitrogens with one attached hydrogen (secondary N) is 2. The molecule has 0 aliphatic heterocycles. The zero-order valence-electron chi connectivity index (χ0n) is 12.5. The van der Waals surface area contributed by atoms with Gasteiger partial charge in [0.15, 0.2) is 11.2 Å². The van der Waals surface area contributed by atoms with E-state index < -0.39 is 11.2 Å². The highest BCUT2D eigenvalue weighted by Crippen LogP contribution is 2.17. The highest BCUT2D eigenvalue weighted by atomic mass is 16.3. The van der Waals surface area contributed by atoms with Crippen molar-refractivity contribution in [2.24, 2.45) is 0 Å². The molecule has 0 atom stereocenters. The van der Waals surface area contributed by atoms with Gasteiger partial charge in [-0.2, -0.15) is 4.98 Å². The number of aromatic nitrogens is 4. The van der Waals surface area contributed by atoms with Crippen LogP contribution in [0.4, 0.5) is 5.95 Å². The van der Waals surface area contributed by atoms with E-state index in [4.69, 9.17) is 5.11 Å². The molecule has 21 heavy (non-hydrogen) atoms. The number of aliphatic hydroxyl groups excluding tert-OH is 1. The molecule has 0 radical (unpaired) electrons. The van der Waals surface area contributed by atoms with Gasteiger partial charge in [0.1, 0.15) is 0 Å².